The van der Waals surface area contributed by atoms with Crippen molar-refractivity contribution in [2.45, 2.75) is 26.0 Å². The van der Waals surface area contributed by atoms with Gasteiger partial charge in [0.25, 0.3) is 0 Å². The summed E-state index contributed by atoms with van der Waals surface area (Å²) in [5.41, 5.74) is 7.20. The van der Waals surface area contributed by atoms with E-state index in [9.17, 15) is 5.11 Å². The number of nitrogens with two attached hydrogens (primary N) is 1. The van der Waals surface area contributed by atoms with Crippen LogP contribution in [0.1, 0.15) is 19.5 Å². The number of nitriles is 1. The second kappa shape index (κ2) is 5.95. The first-order valence-electron chi connectivity index (χ1n) is 6.61. The first-order valence-corrected chi connectivity index (χ1v) is 6.61. The molecule has 2 aromatic rings. The van der Waals surface area contributed by atoms with Gasteiger partial charge in [0, 0.05) is 11.4 Å². The van der Waals surface area contributed by atoms with Gasteiger partial charge in [-0.2, -0.15) is 5.26 Å². The number of hydrogen-bond acceptors (Lipinski definition) is 4. The van der Waals surface area contributed by atoms with Gasteiger partial charge in [-0.15, -0.1) is 0 Å². The van der Waals surface area contributed by atoms with Gasteiger partial charge in [-0.05, 0) is 24.1 Å². The van der Waals surface area contributed by atoms with E-state index in [4.69, 9.17) is 15.7 Å². The maximum atomic E-state index is 9.96. The maximum Gasteiger partial charge on any atom is 0.128 e. The molecule has 0 aliphatic rings. The standard InChI is InChI=1S/C15H19N3O2/c1-9(2)15(17)13(19)8-20-14-5-3-4-12-11(14)6-10(7-16)18-12/h3-6,9,13,15,18-19H,8,17H2,1-2H3/t13-,15+/m0/s1. The van der Waals surface area contributed by atoms with E-state index in [-0.39, 0.29) is 18.6 Å². The SMILES string of the molecule is CC(C)[C@@H](N)[C@@H](O)COc1cccc2[nH]c(C#N)cc12. The highest BCUT2D eigenvalue weighted by atomic mass is 16.5. The van der Waals surface area contributed by atoms with Crippen molar-refractivity contribution >= 4 is 10.9 Å². The molecule has 2 rings (SSSR count). The second-order valence-corrected chi connectivity index (χ2v) is 5.21. The topological polar surface area (TPSA) is 95.1 Å². The number of aliphatic hydroxyl groups excluding tert-OH is 1. The molecule has 1 aromatic carbocycles. The van der Waals surface area contributed by atoms with Crippen molar-refractivity contribution in [3.63, 3.8) is 0 Å². The fourth-order valence-corrected chi connectivity index (χ4v) is 2.04. The van der Waals surface area contributed by atoms with Gasteiger partial charge in [-0.25, -0.2) is 0 Å². The molecule has 0 saturated carbocycles. The molecule has 0 saturated heterocycles. The fraction of sp³-hybridized carbons (Fsp3) is 0.400. The van der Waals surface area contributed by atoms with Crippen molar-refractivity contribution in [2.24, 2.45) is 11.7 Å². The molecule has 0 spiro atoms. The molecule has 1 heterocycles. The Balaban J connectivity index is 2.14. The molecule has 5 nitrogen and oxygen atoms in total. The lowest BCUT2D eigenvalue weighted by Gasteiger charge is -2.22. The number of aromatic amines is 1. The molecule has 0 fully saturated rings. The minimum atomic E-state index is -0.723. The Morgan fingerprint density at radius 3 is 2.85 bits per heavy atom. The van der Waals surface area contributed by atoms with Crippen molar-refractivity contribution in [1.29, 1.82) is 5.26 Å². The Hall–Kier alpha value is -2.03. The lowest BCUT2D eigenvalue weighted by atomic mass is 10.0. The number of aliphatic hydroxyl groups is 1. The quantitative estimate of drug-likeness (QED) is 0.773. The number of fused-ring (bicyclic) bond motifs is 1. The number of rotatable bonds is 5. The van der Waals surface area contributed by atoms with Gasteiger partial charge in [0.2, 0.25) is 0 Å². The molecule has 0 radical (unpaired) electrons. The Kier molecular flexibility index (Phi) is 4.28. The van der Waals surface area contributed by atoms with E-state index in [2.05, 4.69) is 11.1 Å². The van der Waals surface area contributed by atoms with Crippen LogP contribution in [0.15, 0.2) is 24.3 Å². The number of ether oxygens (including phenoxy) is 1. The van der Waals surface area contributed by atoms with E-state index in [0.717, 1.165) is 10.9 Å². The molecule has 0 unspecified atom stereocenters. The van der Waals surface area contributed by atoms with Crippen molar-refractivity contribution in [1.82, 2.24) is 4.98 Å². The van der Waals surface area contributed by atoms with E-state index >= 15 is 0 Å². The minimum absolute atomic E-state index is 0.130. The Morgan fingerprint density at radius 1 is 1.45 bits per heavy atom. The molecular formula is C15H19N3O2. The highest BCUT2D eigenvalue weighted by Gasteiger charge is 2.19. The summed E-state index contributed by atoms with van der Waals surface area (Å²) in [6.45, 7) is 4.05. The van der Waals surface area contributed by atoms with Crippen LogP contribution in [0.3, 0.4) is 0 Å². The third-order valence-electron chi connectivity index (χ3n) is 3.37. The predicted octanol–water partition coefficient (Wildman–Crippen LogP) is 1.76. The van der Waals surface area contributed by atoms with Crippen molar-refractivity contribution in [3.05, 3.63) is 30.0 Å². The summed E-state index contributed by atoms with van der Waals surface area (Å²) in [5.74, 6) is 0.817. The third-order valence-corrected chi connectivity index (χ3v) is 3.37. The number of aromatic nitrogens is 1. The fourth-order valence-electron chi connectivity index (χ4n) is 2.04. The largest absolute Gasteiger partial charge is 0.490 e. The third kappa shape index (κ3) is 2.93. The average Bonchev–Trinajstić information content (AvgIpc) is 2.87. The van der Waals surface area contributed by atoms with Gasteiger partial charge in [0.1, 0.15) is 30.2 Å². The lowest BCUT2D eigenvalue weighted by molar-refractivity contribution is 0.0722. The van der Waals surface area contributed by atoms with Crippen LogP contribution < -0.4 is 10.5 Å². The van der Waals surface area contributed by atoms with E-state index in [0.29, 0.717) is 11.4 Å². The highest BCUT2D eigenvalue weighted by molar-refractivity contribution is 5.87. The van der Waals surface area contributed by atoms with Crippen molar-refractivity contribution < 1.29 is 9.84 Å². The number of nitrogens with zero attached hydrogens (tertiary/aromatic N) is 1. The molecule has 0 amide bonds. The minimum Gasteiger partial charge on any atom is -0.490 e. The summed E-state index contributed by atoms with van der Waals surface area (Å²) in [7, 11) is 0. The number of H-pyrrole nitrogens is 1. The van der Waals surface area contributed by atoms with E-state index in [1.165, 1.54) is 0 Å². The van der Waals surface area contributed by atoms with Gasteiger partial charge in [0.15, 0.2) is 0 Å². The van der Waals surface area contributed by atoms with Crippen LogP contribution in [0.2, 0.25) is 0 Å². The smallest absolute Gasteiger partial charge is 0.128 e. The monoisotopic (exact) mass is 273 g/mol. The van der Waals surface area contributed by atoms with Crippen LogP contribution in [0.5, 0.6) is 5.75 Å². The maximum absolute atomic E-state index is 9.96. The van der Waals surface area contributed by atoms with E-state index in [1.54, 1.807) is 6.07 Å². The van der Waals surface area contributed by atoms with E-state index in [1.807, 2.05) is 32.0 Å². The van der Waals surface area contributed by atoms with Crippen LogP contribution in [0.4, 0.5) is 0 Å². The van der Waals surface area contributed by atoms with Gasteiger partial charge >= 0.3 is 0 Å². The summed E-state index contributed by atoms with van der Waals surface area (Å²) in [6.07, 6.45) is -0.723. The summed E-state index contributed by atoms with van der Waals surface area (Å²) in [4.78, 5) is 2.99. The lowest BCUT2D eigenvalue weighted by Crippen LogP contribution is -2.42. The number of nitrogens with one attached hydrogen (secondary N) is 1. The van der Waals surface area contributed by atoms with Crippen LogP contribution in [-0.4, -0.2) is 28.8 Å². The molecule has 0 aliphatic heterocycles. The normalized spacial score (nSPS) is 14.2. The Bertz CT molecular complexity index is 628. The summed E-state index contributed by atoms with van der Waals surface area (Å²) in [5, 5.41) is 19.7. The molecule has 4 N–H and O–H groups in total. The molecule has 0 aliphatic carbocycles. The van der Waals surface area contributed by atoms with Gasteiger partial charge in [-0.3, -0.25) is 0 Å². The van der Waals surface area contributed by atoms with Crippen LogP contribution >= 0.6 is 0 Å². The van der Waals surface area contributed by atoms with Crippen molar-refractivity contribution in [2.75, 3.05) is 6.61 Å². The number of hydrogen-bond donors (Lipinski definition) is 3. The highest BCUT2D eigenvalue weighted by Crippen LogP contribution is 2.26. The van der Waals surface area contributed by atoms with Crippen molar-refractivity contribution in [3.8, 4) is 11.8 Å². The first kappa shape index (κ1) is 14.4. The zero-order valence-electron chi connectivity index (χ0n) is 11.6. The van der Waals surface area contributed by atoms with Crippen LogP contribution in [-0.2, 0) is 0 Å². The molecule has 1 aromatic heterocycles. The Labute approximate surface area is 118 Å². The van der Waals surface area contributed by atoms with E-state index < -0.39 is 6.10 Å². The zero-order valence-corrected chi connectivity index (χ0v) is 11.6. The summed E-state index contributed by atoms with van der Waals surface area (Å²) < 4.78 is 5.65. The second-order valence-electron chi connectivity index (χ2n) is 5.21. The van der Waals surface area contributed by atoms with Gasteiger partial charge < -0.3 is 20.6 Å². The molecular weight excluding hydrogens is 254 g/mol. The van der Waals surface area contributed by atoms with Gasteiger partial charge in [0.05, 0.1) is 5.52 Å². The molecule has 5 heteroatoms. The van der Waals surface area contributed by atoms with Crippen LogP contribution in [0.25, 0.3) is 10.9 Å². The first-order chi connectivity index (χ1) is 9.52. The number of benzene rings is 1. The molecule has 2 atom stereocenters. The summed E-state index contributed by atoms with van der Waals surface area (Å²) >= 11 is 0. The molecule has 106 valence electrons. The zero-order chi connectivity index (χ0) is 14.7. The average molecular weight is 273 g/mol. The molecule has 0 bridgehead atoms. The predicted molar refractivity (Wildman–Crippen MR) is 77.3 cm³/mol. The summed E-state index contributed by atoms with van der Waals surface area (Å²) in [6, 6.07) is 8.99. The molecule has 20 heavy (non-hydrogen) atoms. The Morgan fingerprint density at radius 2 is 2.20 bits per heavy atom. The van der Waals surface area contributed by atoms with Gasteiger partial charge in [-0.1, -0.05) is 19.9 Å². The van der Waals surface area contributed by atoms with Crippen LogP contribution in [0, 0.1) is 17.2 Å².